The molecular weight excluding hydrogens is 237 g/mol. The topological polar surface area (TPSA) is 134 Å². The van der Waals surface area contributed by atoms with Crippen LogP contribution in [-0.2, 0) is 33.0 Å². The second-order valence-electron chi connectivity index (χ2n) is 0.300. The molecule has 0 aromatic heterocycles. The van der Waals surface area contributed by atoms with Gasteiger partial charge in [0.15, 0.2) is 0 Å². The van der Waals surface area contributed by atoms with Crippen LogP contribution in [0.2, 0.25) is 0 Å². The first kappa shape index (κ1) is 32.1. The van der Waals surface area contributed by atoms with Crippen LogP contribution in [0.3, 0.4) is 0 Å². The molecule has 0 rings (SSSR count). The van der Waals surface area contributed by atoms with Crippen molar-refractivity contribution >= 4 is 18.0 Å². The summed E-state index contributed by atoms with van der Waals surface area (Å²) in [5, 5.41) is 41.2. The summed E-state index contributed by atoms with van der Waals surface area (Å²) in [5.74, 6) is 0. The maximum Gasteiger partial charge on any atom is 3.00 e. The van der Waals surface area contributed by atoms with Gasteiger partial charge in [0.2, 0.25) is 0 Å². The summed E-state index contributed by atoms with van der Waals surface area (Å²) in [4.78, 5) is 0. The van der Waals surface area contributed by atoms with E-state index in [1.807, 2.05) is 0 Å². The standard InChI is InChI=1S/3CN2.2Ni/c3*2-1-3;;/q3*-2;2*+3. The van der Waals surface area contributed by atoms with Gasteiger partial charge in [-0.2, -0.15) is 0 Å². The van der Waals surface area contributed by atoms with Crippen molar-refractivity contribution in [3.8, 4) is 0 Å². The van der Waals surface area contributed by atoms with E-state index in [1.54, 1.807) is 0 Å². The summed E-state index contributed by atoms with van der Waals surface area (Å²) < 4.78 is 0. The van der Waals surface area contributed by atoms with Gasteiger partial charge in [-0.15, -0.1) is 0 Å². The Kier molecular flexibility index (Phi) is 389. The molecule has 0 aliphatic heterocycles. The summed E-state index contributed by atoms with van der Waals surface area (Å²) in [6.07, 6.45) is 0. The zero-order chi connectivity index (χ0) is 8.12. The third kappa shape index (κ3) is 608. The number of nitrogens with zero attached hydrogens (tertiary/aromatic N) is 6. The van der Waals surface area contributed by atoms with Gasteiger partial charge in [0.25, 0.3) is 0 Å². The van der Waals surface area contributed by atoms with Gasteiger partial charge >= 0.3 is 33.0 Å². The molecule has 0 fully saturated rings. The van der Waals surface area contributed by atoms with Crippen LogP contribution in [0.1, 0.15) is 0 Å². The molecule has 2 radical (unpaired) electrons. The van der Waals surface area contributed by atoms with Crippen LogP contribution in [-0.4, -0.2) is 18.0 Å². The van der Waals surface area contributed by atoms with Gasteiger partial charge in [-0.1, -0.05) is 0 Å². The van der Waals surface area contributed by atoms with E-state index in [2.05, 4.69) is 0 Å². The quantitative estimate of drug-likeness (QED) is 0.437. The number of rotatable bonds is 0. The zero-order valence-electron chi connectivity index (χ0n) is 4.82. The first-order chi connectivity index (χ1) is 4.24. The minimum atomic E-state index is 0. The molecule has 0 saturated heterocycles. The van der Waals surface area contributed by atoms with Crippen molar-refractivity contribution in [2.24, 2.45) is 0 Å². The molecule has 0 bridgehead atoms. The van der Waals surface area contributed by atoms with Gasteiger partial charge in [-0.3, -0.25) is 0 Å². The van der Waals surface area contributed by atoms with Crippen molar-refractivity contribution in [1.82, 2.24) is 0 Å². The van der Waals surface area contributed by atoms with Gasteiger partial charge in [0, 0.05) is 0 Å². The summed E-state index contributed by atoms with van der Waals surface area (Å²) in [7, 11) is 0. The average molecular weight is 237 g/mol. The van der Waals surface area contributed by atoms with Gasteiger partial charge < -0.3 is 50.5 Å². The first-order valence-corrected chi connectivity index (χ1v) is 1.34. The average Bonchev–Trinajstić information content (AvgIpc) is 1.70. The second-order valence-corrected chi connectivity index (χ2v) is 0.300. The van der Waals surface area contributed by atoms with E-state index in [9.17, 15) is 0 Å². The molecule has 0 heterocycles. The van der Waals surface area contributed by atoms with E-state index in [0.29, 0.717) is 0 Å². The largest absolute Gasteiger partial charge is 3.00 e. The molecule has 0 aromatic rings. The first-order valence-electron chi connectivity index (χ1n) is 1.34. The van der Waals surface area contributed by atoms with Crippen LogP contribution < -0.4 is 0 Å². The molecule has 0 spiro atoms. The Morgan fingerprint density at radius 2 is 0.455 bits per heavy atom. The third-order valence-electron chi connectivity index (χ3n) is 0. The van der Waals surface area contributed by atoms with Crippen LogP contribution in [0.25, 0.3) is 32.5 Å². The van der Waals surface area contributed by atoms with Crippen molar-refractivity contribution in [1.29, 1.82) is 0 Å². The summed E-state index contributed by atoms with van der Waals surface area (Å²) in [5.41, 5.74) is 0. The molecule has 0 saturated carbocycles. The monoisotopic (exact) mass is 236 g/mol. The van der Waals surface area contributed by atoms with Crippen LogP contribution >= 0.6 is 0 Å². The molecule has 0 amide bonds. The molecule has 11 heavy (non-hydrogen) atoms. The van der Waals surface area contributed by atoms with Gasteiger partial charge in [-0.25, -0.2) is 0 Å². The Labute approximate surface area is 83.7 Å². The Hall–Kier alpha value is -0.873. The fraction of sp³-hybridized carbons (Fsp3) is 0. The summed E-state index contributed by atoms with van der Waals surface area (Å²) in [6.45, 7) is 0. The van der Waals surface area contributed by atoms with E-state index in [4.69, 9.17) is 32.5 Å². The van der Waals surface area contributed by atoms with Crippen LogP contribution in [0.4, 0.5) is 0 Å². The molecule has 0 aromatic carbocycles. The van der Waals surface area contributed by atoms with Gasteiger partial charge in [-0.05, 0) is 0 Å². The molecule has 0 unspecified atom stereocenters. The normalized spacial score (nSPS) is 2.18. The minimum absolute atomic E-state index is 0. The van der Waals surface area contributed by atoms with E-state index < -0.39 is 0 Å². The van der Waals surface area contributed by atoms with Gasteiger partial charge in [0.05, 0.1) is 0 Å². The Morgan fingerprint density at radius 3 is 0.455 bits per heavy atom. The number of hydrogen-bond donors (Lipinski definition) is 0. The zero-order valence-corrected chi connectivity index (χ0v) is 6.79. The molecule has 62 valence electrons. The molecule has 0 aliphatic carbocycles. The predicted octanol–water partition coefficient (Wildman–Crippen LogP) is 0.892. The van der Waals surface area contributed by atoms with E-state index in [1.165, 1.54) is 0 Å². The SMILES string of the molecule is [N-]=C=[N-].[N-]=C=[N-].[N-]=C=[N-].[Ni+3].[Ni+3]. The molecule has 0 aliphatic rings. The predicted molar refractivity (Wildman–Crippen MR) is 35.2 cm³/mol. The smallest absolute Gasteiger partial charge is 0.786 e. The maximum absolute atomic E-state index is 6.88. The number of hydrogen-bond acceptors (Lipinski definition) is 0. The Morgan fingerprint density at radius 1 is 0.455 bits per heavy atom. The summed E-state index contributed by atoms with van der Waals surface area (Å²) in [6, 6.07) is 2.25. The van der Waals surface area contributed by atoms with E-state index >= 15 is 0 Å². The Balaban J connectivity index is -0.0000000150. The fourth-order valence-corrected chi connectivity index (χ4v) is 0. The van der Waals surface area contributed by atoms with Crippen molar-refractivity contribution < 1.29 is 33.0 Å². The van der Waals surface area contributed by atoms with Crippen LogP contribution in [0.15, 0.2) is 0 Å². The van der Waals surface area contributed by atoms with E-state index in [0.717, 1.165) is 18.0 Å². The van der Waals surface area contributed by atoms with Crippen LogP contribution in [0.5, 0.6) is 0 Å². The van der Waals surface area contributed by atoms with Crippen molar-refractivity contribution in [3.05, 3.63) is 32.5 Å². The molecule has 8 heteroatoms. The Bertz CT molecular complexity index is 107. The van der Waals surface area contributed by atoms with Crippen molar-refractivity contribution in [3.63, 3.8) is 0 Å². The molecular formula is C3N6Ni2. The summed E-state index contributed by atoms with van der Waals surface area (Å²) >= 11 is 0. The van der Waals surface area contributed by atoms with Crippen molar-refractivity contribution in [2.45, 2.75) is 0 Å². The molecule has 6 nitrogen and oxygen atoms in total. The second kappa shape index (κ2) is 133. The maximum atomic E-state index is 6.88. The molecule has 0 N–H and O–H groups in total. The molecule has 0 atom stereocenters. The van der Waals surface area contributed by atoms with E-state index in [-0.39, 0.29) is 33.0 Å². The minimum Gasteiger partial charge on any atom is -0.786 e. The van der Waals surface area contributed by atoms with Gasteiger partial charge in [0.1, 0.15) is 0 Å². The fourth-order valence-electron chi connectivity index (χ4n) is 0. The van der Waals surface area contributed by atoms with Crippen molar-refractivity contribution in [2.75, 3.05) is 0 Å². The van der Waals surface area contributed by atoms with Crippen LogP contribution in [0, 0.1) is 0 Å². The third-order valence-corrected chi connectivity index (χ3v) is 0.